The van der Waals surface area contributed by atoms with Gasteiger partial charge in [-0.05, 0) is 33.8 Å². The fourth-order valence-electron chi connectivity index (χ4n) is 2.53. The monoisotopic (exact) mass is 355 g/mol. The summed E-state index contributed by atoms with van der Waals surface area (Å²) < 4.78 is 41.6. The molecule has 0 aliphatic carbocycles. The fourth-order valence-corrected chi connectivity index (χ4v) is 2.53. The molecule has 2 N–H and O–H groups in total. The van der Waals surface area contributed by atoms with Gasteiger partial charge in [0.2, 0.25) is 0 Å². The number of nitrogens with one attached hydrogen (secondary N) is 2. The van der Waals surface area contributed by atoms with E-state index in [4.69, 9.17) is 0 Å². The molecule has 2 aromatic rings. The molecule has 0 aliphatic heterocycles. The highest BCUT2D eigenvalue weighted by atomic mass is 19.4. The number of hydrogen-bond acceptors (Lipinski definition) is 3. The van der Waals surface area contributed by atoms with Gasteiger partial charge in [0.1, 0.15) is 0 Å². The molecule has 2 amide bonds. The molecule has 136 valence electrons. The molecule has 0 spiro atoms. The van der Waals surface area contributed by atoms with Crippen LogP contribution < -0.4 is 10.6 Å². The van der Waals surface area contributed by atoms with E-state index >= 15 is 0 Å². The van der Waals surface area contributed by atoms with Gasteiger partial charge >= 0.3 is 12.2 Å². The summed E-state index contributed by atoms with van der Waals surface area (Å²) in [6.07, 6.45) is -2.21. The molecule has 0 saturated carbocycles. The smallest absolute Gasteiger partial charge is 0.322 e. The highest BCUT2D eigenvalue weighted by Crippen LogP contribution is 2.32. The van der Waals surface area contributed by atoms with Crippen molar-refractivity contribution in [1.82, 2.24) is 20.1 Å². The molecule has 9 heteroatoms. The quantitative estimate of drug-likeness (QED) is 0.874. The van der Waals surface area contributed by atoms with Crippen LogP contribution in [0.2, 0.25) is 0 Å². The molecule has 25 heavy (non-hydrogen) atoms. The first-order chi connectivity index (χ1) is 11.6. The predicted octanol–water partition coefficient (Wildman–Crippen LogP) is 3.90. The summed E-state index contributed by atoms with van der Waals surface area (Å²) in [4.78, 5) is 15.8. The van der Waals surface area contributed by atoms with Gasteiger partial charge in [-0.15, -0.1) is 0 Å². The zero-order valence-electron chi connectivity index (χ0n) is 14.3. The minimum Gasteiger partial charge on any atom is -0.322 e. The van der Waals surface area contributed by atoms with Crippen LogP contribution in [-0.4, -0.2) is 27.0 Å². The van der Waals surface area contributed by atoms with Gasteiger partial charge in [-0.25, -0.2) is 4.79 Å². The van der Waals surface area contributed by atoms with Crippen molar-refractivity contribution in [2.75, 3.05) is 5.32 Å². The normalized spacial score (nSPS) is 13.0. The van der Waals surface area contributed by atoms with E-state index in [2.05, 4.69) is 15.4 Å². The van der Waals surface area contributed by atoms with E-state index < -0.39 is 18.2 Å². The van der Waals surface area contributed by atoms with E-state index in [9.17, 15) is 18.0 Å². The Morgan fingerprint density at radius 2 is 1.96 bits per heavy atom. The molecule has 1 unspecified atom stereocenters. The molecule has 1 atom stereocenters. The van der Waals surface area contributed by atoms with E-state index in [1.54, 1.807) is 18.5 Å². The summed E-state index contributed by atoms with van der Waals surface area (Å²) in [5.74, 6) is 0. The Kier molecular flexibility index (Phi) is 5.34. The number of halogens is 3. The predicted molar refractivity (Wildman–Crippen MR) is 87.3 cm³/mol. The maximum Gasteiger partial charge on any atom is 0.412 e. The van der Waals surface area contributed by atoms with Gasteiger partial charge in [0.25, 0.3) is 0 Å². The molecule has 0 aromatic carbocycles. The molecule has 0 radical (unpaired) electrons. The highest BCUT2D eigenvalue weighted by molar-refractivity contribution is 5.90. The van der Waals surface area contributed by atoms with Crippen LogP contribution in [0.1, 0.15) is 42.9 Å². The number of urea groups is 1. The molecule has 0 fully saturated rings. The number of rotatable bonds is 4. The van der Waals surface area contributed by atoms with Crippen LogP contribution in [-0.2, 0) is 0 Å². The molecule has 6 nitrogen and oxygen atoms in total. The SMILES string of the molecule is Cc1nn(C(C)C)c(C)c1NC(=O)NC(c1cccnc1)C(F)(F)F. The van der Waals surface area contributed by atoms with Gasteiger partial charge in [-0.2, -0.15) is 18.3 Å². The van der Waals surface area contributed by atoms with Gasteiger partial charge in [0, 0.05) is 24.0 Å². The van der Waals surface area contributed by atoms with Crippen molar-refractivity contribution < 1.29 is 18.0 Å². The first-order valence-corrected chi connectivity index (χ1v) is 7.71. The van der Waals surface area contributed by atoms with E-state index in [1.807, 2.05) is 19.2 Å². The van der Waals surface area contributed by atoms with Gasteiger partial charge < -0.3 is 10.6 Å². The number of nitrogens with zero attached hydrogens (tertiary/aromatic N) is 3. The minimum atomic E-state index is -4.65. The molecule has 0 saturated heterocycles. The van der Waals surface area contributed by atoms with Crippen LogP contribution >= 0.6 is 0 Å². The lowest BCUT2D eigenvalue weighted by Gasteiger charge is -2.22. The summed E-state index contributed by atoms with van der Waals surface area (Å²) in [5.41, 5.74) is 1.47. The van der Waals surface area contributed by atoms with Crippen LogP contribution in [0.15, 0.2) is 24.5 Å². The Hall–Kier alpha value is -2.58. The number of hydrogen-bond donors (Lipinski definition) is 2. The maximum atomic E-state index is 13.3. The van der Waals surface area contributed by atoms with Crippen LogP contribution in [0.3, 0.4) is 0 Å². The number of carbonyl (C=O) groups is 1. The third-order valence-corrected chi connectivity index (χ3v) is 3.67. The van der Waals surface area contributed by atoms with Crippen molar-refractivity contribution in [3.05, 3.63) is 41.5 Å². The molecular formula is C16H20F3N5O. The number of carbonyl (C=O) groups excluding carboxylic acids is 1. The average molecular weight is 355 g/mol. The van der Waals surface area contributed by atoms with Crippen LogP contribution in [0.25, 0.3) is 0 Å². The Bertz CT molecular complexity index is 740. The van der Waals surface area contributed by atoms with Gasteiger partial charge in [-0.1, -0.05) is 6.07 Å². The van der Waals surface area contributed by atoms with Crippen LogP contribution in [0, 0.1) is 13.8 Å². The second-order valence-corrected chi connectivity index (χ2v) is 5.94. The summed E-state index contributed by atoms with van der Waals surface area (Å²) >= 11 is 0. The van der Waals surface area contributed by atoms with Crippen molar-refractivity contribution in [2.24, 2.45) is 0 Å². The van der Waals surface area contributed by atoms with Crippen molar-refractivity contribution >= 4 is 11.7 Å². The fraction of sp³-hybridized carbons (Fsp3) is 0.438. The molecule has 2 aromatic heterocycles. The third-order valence-electron chi connectivity index (χ3n) is 3.67. The number of aryl methyl sites for hydroxylation is 1. The largest absolute Gasteiger partial charge is 0.412 e. The standard InChI is InChI=1S/C16H20F3N5O/c1-9(2)24-11(4)13(10(3)23-24)21-15(25)22-14(16(17,18)19)12-6-5-7-20-8-12/h5-9,14H,1-4H3,(H2,21,22,25). The lowest BCUT2D eigenvalue weighted by Crippen LogP contribution is -2.40. The number of aromatic nitrogens is 3. The first kappa shape index (κ1) is 18.8. The second kappa shape index (κ2) is 7.12. The van der Waals surface area contributed by atoms with E-state index in [1.165, 1.54) is 18.3 Å². The lowest BCUT2D eigenvalue weighted by atomic mass is 10.1. The Labute approximate surface area is 143 Å². The summed E-state index contributed by atoms with van der Waals surface area (Å²) in [6, 6.07) is -0.397. The molecule has 2 rings (SSSR count). The zero-order valence-corrected chi connectivity index (χ0v) is 14.3. The van der Waals surface area contributed by atoms with Crippen LogP contribution in [0.4, 0.5) is 23.7 Å². The number of anilines is 1. The molecular weight excluding hydrogens is 335 g/mol. The van der Waals surface area contributed by atoms with Gasteiger partial charge in [-0.3, -0.25) is 9.67 Å². The van der Waals surface area contributed by atoms with Gasteiger partial charge in [0.15, 0.2) is 6.04 Å². The van der Waals surface area contributed by atoms with Crippen molar-refractivity contribution in [1.29, 1.82) is 0 Å². The average Bonchev–Trinajstić information content (AvgIpc) is 2.80. The van der Waals surface area contributed by atoms with E-state index in [0.717, 1.165) is 6.20 Å². The summed E-state index contributed by atoms with van der Waals surface area (Å²) in [6.45, 7) is 7.28. The maximum absolute atomic E-state index is 13.3. The van der Waals surface area contributed by atoms with Crippen molar-refractivity contribution in [3.8, 4) is 0 Å². The van der Waals surface area contributed by atoms with Gasteiger partial charge in [0.05, 0.1) is 17.1 Å². The summed E-state index contributed by atoms with van der Waals surface area (Å²) in [5, 5.41) is 8.73. The topological polar surface area (TPSA) is 71.8 Å². The van der Waals surface area contributed by atoms with Crippen LogP contribution in [0.5, 0.6) is 0 Å². The summed E-state index contributed by atoms with van der Waals surface area (Å²) in [7, 11) is 0. The third kappa shape index (κ3) is 4.28. The number of pyridine rings is 1. The lowest BCUT2D eigenvalue weighted by molar-refractivity contribution is -0.154. The van der Waals surface area contributed by atoms with Crippen molar-refractivity contribution in [2.45, 2.75) is 46.0 Å². The second-order valence-electron chi connectivity index (χ2n) is 5.94. The zero-order chi connectivity index (χ0) is 18.8. The molecule has 2 heterocycles. The van der Waals surface area contributed by atoms with E-state index in [-0.39, 0.29) is 11.6 Å². The Morgan fingerprint density at radius 3 is 2.44 bits per heavy atom. The molecule has 0 aliphatic rings. The molecule has 0 bridgehead atoms. The number of alkyl halides is 3. The van der Waals surface area contributed by atoms with E-state index in [0.29, 0.717) is 17.1 Å². The Morgan fingerprint density at radius 1 is 1.28 bits per heavy atom. The van der Waals surface area contributed by atoms with Crippen molar-refractivity contribution in [3.63, 3.8) is 0 Å². The Balaban J connectivity index is 2.21. The highest BCUT2D eigenvalue weighted by Gasteiger charge is 2.42. The first-order valence-electron chi connectivity index (χ1n) is 7.71. The minimum absolute atomic E-state index is 0.0654. The number of amides is 2.